The van der Waals surface area contributed by atoms with Gasteiger partial charge in [-0.3, -0.25) is 0 Å². The van der Waals surface area contributed by atoms with Crippen LogP contribution in [-0.2, 0) is 4.74 Å². The van der Waals surface area contributed by atoms with E-state index in [1.54, 1.807) is 0 Å². The normalized spacial score (nSPS) is 18.2. The summed E-state index contributed by atoms with van der Waals surface area (Å²) in [5, 5.41) is 0. The number of benzene rings is 1. The maximum absolute atomic E-state index is 6.05. The number of hydrogen-bond acceptors (Lipinski definition) is 3. The summed E-state index contributed by atoms with van der Waals surface area (Å²) in [4.78, 5) is 0. The van der Waals surface area contributed by atoms with Crippen molar-refractivity contribution in [1.29, 1.82) is 0 Å². The fourth-order valence-electron chi connectivity index (χ4n) is 2.66. The van der Waals surface area contributed by atoms with Crippen LogP contribution >= 0.6 is 0 Å². The standard InChI is InChI=1S/C16H25NO2/c17-14-16(10-5-2-6-11-16)19-13-7-12-18-15-8-3-1-4-9-15/h1,3-4,8-9H,2,5-7,10-14,17H2. The van der Waals surface area contributed by atoms with E-state index in [-0.39, 0.29) is 5.60 Å². The molecule has 0 aliphatic heterocycles. The summed E-state index contributed by atoms with van der Waals surface area (Å²) in [5.41, 5.74) is 5.84. The molecular formula is C16H25NO2. The first-order valence-corrected chi connectivity index (χ1v) is 7.37. The quantitative estimate of drug-likeness (QED) is 0.769. The smallest absolute Gasteiger partial charge is 0.119 e. The zero-order chi connectivity index (χ0) is 13.4. The van der Waals surface area contributed by atoms with Gasteiger partial charge in [0, 0.05) is 13.0 Å². The minimum Gasteiger partial charge on any atom is -0.494 e. The van der Waals surface area contributed by atoms with E-state index in [1.165, 1.54) is 19.3 Å². The van der Waals surface area contributed by atoms with E-state index in [1.807, 2.05) is 30.3 Å². The average Bonchev–Trinajstić information content (AvgIpc) is 2.49. The molecule has 1 fully saturated rings. The van der Waals surface area contributed by atoms with E-state index in [0.29, 0.717) is 13.2 Å². The molecule has 1 saturated carbocycles. The summed E-state index contributed by atoms with van der Waals surface area (Å²) in [7, 11) is 0. The van der Waals surface area contributed by atoms with Crippen LogP contribution in [0.1, 0.15) is 38.5 Å². The Morgan fingerprint density at radius 2 is 1.74 bits per heavy atom. The lowest BCUT2D eigenvalue weighted by Crippen LogP contribution is -2.42. The summed E-state index contributed by atoms with van der Waals surface area (Å²) in [6.07, 6.45) is 6.96. The van der Waals surface area contributed by atoms with Crippen LogP contribution in [0.5, 0.6) is 5.75 Å². The molecule has 0 atom stereocenters. The summed E-state index contributed by atoms with van der Waals surface area (Å²) in [6.45, 7) is 2.08. The molecule has 2 N–H and O–H groups in total. The highest BCUT2D eigenvalue weighted by Crippen LogP contribution is 2.30. The number of ether oxygens (including phenoxy) is 2. The minimum atomic E-state index is -0.0506. The molecule has 106 valence electrons. The third-order valence-corrected chi connectivity index (χ3v) is 3.85. The van der Waals surface area contributed by atoms with Crippen molar-refractivity contribution in [2.24, 2.45) is 5.73 Å². The summed E-state index contributed by atoms with van der Waals surface area (Å²) >= 11 is 0. The van der Waals surface area contributed by atoms with Gasteiger partial charge in [-0.15, -0.1) is 0 Å². The molecule has 0 amide bonds. The van der Waals surface area contributed by atoms with Crippen LogP contribution in [-0.4, -0.2) is 25.4 Å². The summed E-state index contributed by atoms with van der Waals surface area (Å²) in [5.74, 6) is 0.925. The Bertz CT molecular complexity index is 347. The fraction of sp³-hybridized carbons (Fsp3) is 0.625. The van der Waals surface area contributed by atoms with Crippen LogP contribution in [0.25, 0.3) is 0 Å². The molecule has 2 rings (SSSR count). The van der Waals surface area contributed by atoms with Crippen LogP contribution in [0, 0.1) is 0 Å². The van der Waals surface area contributed by atoms with Crippen molar-refractivity contribution < 1.29 is 9.47 Å². The van der Waals surface area contributed by atoms with Crippen LogP contribution in [0.3, 0.4) is 0 Å². The first-order chi connectivity index (χ1) is 9.35. The van der Waals surface area contributed by atoms with E-state index in [2.05, 4.69) is 0 Å². The summed E-state index contributed by atoms with van der Waals surface area (Å²) < 4.78 is 11.7. The van der Waals surface area contributed by atoms with Crippen LogP contribution in [0.15, 0.2) is 30.3 Å². The van der Waals surface area contributed by atoms with Crippen molar-refractivity contribution in [1.82, 2.24) is 0 Å². The van der Waals surface area contributed by atoms with E-state index in [4.69, 9.17) is 15.2 Å². The van der Waals surface area contributed by atoms with E-state index in [9.17, 15) is 0 Å². The Kier molecular flexibility index (Phi) is 5.67. The predicted molar refractivity (Wildman–Crippen MR) is 77.4 cm³/mol. The highest BCUT2D eigenvalue weighted by Gasteiger charge is 2.31. The largest absolute Gasteiger partial charge is 0.494 e. The minimum absolute atomic E-state index is 0.0506. The topological polar surface area (TPSA) is 44.5 Å². The molecule has 1 aliphatic rings. The Labute approximate surface area is 116 Å². The Hall–Kier alpha value is -1.06. The van der Waals surface area contributed by atoms with Crippen molar-refractivity contribution in [3.8, 4) is 5.75 Å². The van der Waals surface area contributed by atoms with Gasteiger partial charge in [0.05, 0.1) is 18.8 Å². The SMILES string of the molecule is NCC1(OCCCOc2ccccc2)CCCCC1. The molecule has 3 heteroatoms. The number of para-hydroxylation sites is 1. The zero-order valence-electron chi connectivity index (χ0n) is 11.6. The number of nitrogens with two attached hydrogens (primary N) is 1. The zero-order valence-corrected chi connectivity index (χ0v) is 11.6. The van der Waals surface area contributed by atoms with Gasteiger partial charge in [-0.2, -0.15) is 0 Å². The van der Waals surface area contributed by atoms with E-state index in [0.717, 1.165) is 31.6 Å². The maximum Gasteiger partial charge on any atom is 0.119 e. The average molecular weight is 263 g/mol. The van der Waals surface area contributed by atoms with Crippen molar-refractivity contribution in [3.05, 3.63) is 30.3 Å². The van der Waals surface area contributed by atoms with E-state index >= 15 is 0 Å². The lowest BCUT2D eigenvalue weighted by atomic mass is 9.85. The fourth-order valence-corrected chi connectivity index (χ4v) is 2.66. The van der Waals surface area contributed by atoms with Gasteiger partial charge < -0.3 is 15.2 Å². The molecule has 1 aromatic rings. The van der Waals surface area contributed by atoms with Crippen molar-refractivity contribution in [2.75, 3.05) is 19.8 Å². The maximum atomic E-state index is 6.05. The van der Waals surface area contributed by atoms with Crippen LogP contribution in [0.2, 0.25) is 0 Å². The molecule has 0 unspecified atom stereocenters. The molecule has 0 radical (unpaired) electrons. The van der Waals surface area contributed by atoms with Gasteiger partial charge in [-0.1, -0.05) is 37.5 Å². The Balaban J connectivity index is 1.63. The molecule has 0 saturated heterocycles. The second kappa shape index (κ2) is 7.51. The van der Waals surface area contributed by atoms with Gasteiger partial charge in [-0.05, 0) is 25.0 Å². The van der Waals surface area contributed by atoms with Gasteiger partial charge >= 0.3 is 0 Å². The molecule has 0 heterocycles. The van der Waals surface area contributed by atoms with Crippen LogP contribution in [0.4, 0.5) is 0 Å². The van der Waals surface area contributed by atoms with Crippen molar-refractivity contribution in [3.63, 3.8) is 0 Å². The van der Waals surface area contributed by atoms with Gasteiger partial charge in [-0.25, -0.2) is 0 Å². The lowest BCUT2D eigenvalue weighted by molar-refractivity contribution is -0.0659. The molecular weight excluding hydrogens is 238 g/mol. The second-order valence-electron chi connectivity index (χ2n) is 5.31. The molecule has 0 aromatic heterocycles. The molecule has 1 aliphatic carbocycles. The predicted octanol–water partition coefficient (Wildman–Crippen LogP) is 3.13. The third kappa shape index (κ3) is 4.51. The highest BCUT2D eigenvalue weighted by molar-refractivity contribution is 5.20. The molecule has 0 bridgehead atoms. The highest BCUT2D eigenvalue weighted by atomic mass is 16.5. The van der Waals surface area contributed by atoms with Gasteiger partial charge in [0.15, 0.2) is 0 Å². The summed E-state index contributed by atoms with van der Waals surface area (Å²) in [6, 6.07) is 9.91. The third-order valence-electron chi connectivity index (χ3n) is 3.85. The first kappa shape index (κ1) is 14.4. The van der Waals surface area contributed by atoms with Crippen molar-refractivity contribution >= 4 is 0 Å². The Morgan fingerprint density at radius 3 is 2.42 bits per heavy atom. The Morgan fingerprint density at radius 1 is 1.00 bits per heavy atom. The first-order valence-electron chi connectivity index (χ1n) is 7.37. The number of rotatable bonds is 7. The van der Waals surface area contributed by atoms with Gasteiger partial charge in [0.25, 0.3) is 0 Å². The van der Waals surface area contributed by atoms with Gasteiger partial charge in [0.2, 0.25) is 0 Å². The monoisotopic (exact) mass is 263 g/mol. The number of hydrogen-bond donors (Lipinski definition) is 1. The van der Waals surface area contributed by atoms with Crippen LogP contribution < -0.4 is 10.5 Å². The lowest BCUT2D eigenvalue weighted by Gasteiger charge is -2.36. The van der Waals surface area contributed by atoms with Crippen molar-refractivity contribution in [2.45, 2.75) is 44.1 Å². The molecule has 1 aromatic carbocycles. The van der Waals surface area contributed by atoms with E-state index < -0.39 is 0 Å². The molecule has 3 nitrogen and oxygen atoms in total. The molecule has 0 spiro atoms. The molecule has 19 heavy (non-hydrogen) atoms. The second-order valence-corrected chi connectivity index (χ2v) is 5.31. The van der Waals surface area contributed by atoms with Gasteiger partial charge in [0.1, 0.15) is 5.75 Å².